The van der Waals surface area contributed by atoms with E-state index in [0.29, 0.717) is 0 Å². The van der Waals surface area contributed by atoms with Crippen molar-refractivity contribution in [2.75, 3.05) is 0 Å². The number of carbonyl (C=O) groups is 2. The first-order valence-corrected chi connectivity index (χ1v) is 6.50. The zero-order valence-electron chi connectivity index (χ0n) is 11.8. The molecule has 2 aromatic rings. The van der Waals surface area contributed by atoms with Crippen LogP contribution in [0.3, 0.4) is 0 Å². The Bertz CT molecular complexity index is 963. The second kappa shape index (κ2) is 4.84. The molecule has 7 nitrogen and oxygen atoms in total. The fourth-order valence-electron chi connectivity index (χ4n) is 2.59. The molecule has 0 aliphatic heterocycles. The zero-order chi connectivity index (χ0) is 16.9. The molecule has 0 saturated heterocycles. The molecule has 3 rings (SSSR count). The third-order valence-electron chi connectivity index (χ3n) is 3.55. The van der Waals surface area contributed by atoms with Gasteiger partial charge in [0.25, 0.3) is 0 Å². The summed E-state index contributed by atoms with van der Waals surface area (Å²) in [4.78, 5) is 35.4. The largest absolute Gasteiger partial charge is 0.508 e. The summed E-state index contributed by atoms with van der Waals surface area (Å²) in [7, 11) is 0. The minimum atomic E-state index is -0.837. The van der Waals surface area contributed by atoms with Gasteiger partial charge in [0.15, 0.2) is 11.5 Å². The van der Waals surface area contributed by atoms with Crippen LogP contribution < -0.4 is 5.63 Å². The van der Waals surface area contributed by atoms with E-state index in [0.717, 1.165) is 24.3 Å². The van der Waals surface area contributed by atoms with E-state index in [9.17, 15) is 29.7 Å². The van der Waals surface area contributed by atoms with Crippen molar-refractivity contribution in [1.29, 1.82) is 0 Å². The second-order valence-electron chi connectivity index (χ2n) is 5.04. The standard InChI is InChI=1S/C16H10O7/c1-6-14-8(16(22)11(20)5-10(14)19)4-9(18)15(6)12-2-7(17)3-13(21)23-12/h2-5,17-18,20H,1H3. The maximum atomic E-state index is 12.1. The lowest BCUT2D eigenvalue weighted by atomic mass is 9.86. The summed E-state index contributed by atoms with van der Waals surface area (Å²) in [5.74, 6) is -3.05. The number of fused-ring (bicyclic) bond motifs is 1. The van der Waals surface area contributed by atoms with Crippen molar-refractivity contribution in [3.05, 3.63) is 57.1 Å². The Balaban J connectivity index is 2.35. The average molecular weight is 314 g/mol. The Kier molecular flexibility index (Phi) is 3.07. The van der Waals surface area contributed by atoms with Crippen LogP contribution in [0.25, 0.3) is 11.3 Å². The fraction of sp³-hybridized carbons (Fsp3) is 0.0625. The summed E-state index contributed by atoms with van der Waals surface area (Å²) < 4.78 is 4.94. The Morgan fingerprint density at radius 2 is 1.65 bits per heavy atom. The van der Waals surface area contributed by atoms with Crippen LogP contribution in [-0.2, 0) is 0 Å². The van der Waals surface area contributed by atoms with E-state index in [1.54, 1.807) is 0 Å². The number of hydrogen-bond acceptors (Lipinski definition) is 7. The van der Waals surface area contributed by atoms with E-state index in [1.807, 2.05) is 0 Å². The van der Waals surface area contributed by atoms with Gasteiger partial charge in [-0.15, -0.1) is 0 Å². The number of hydrogen-bond donors (Lipinski definition) is 3. The number of carbonyl (C=O) groups excluding carboxylic acids is 2. The number of phenols is 1. The molecule has 23 heavy (non-hydrogen) atoms. The maximum absolute atomic E-state index is 12.1. The van der Waals surface area contributed by atoms with Gasteiger partial charge in [-0.2, -0.15) is 0 Å². The van der Waals surface area contributed by atoms with Crippen LogP contribution >= 0.6 is 0 Å². The maximum Gasteiger partial charge on any atom is 0.339 e. The van der Waals surface area contributed by atoms with Crippen LogP contribution in [0.15, 0.2) is 39.2 Å². The van der Waals surface area contributed by atoms with Gasteiger partial charge in [-0.1, -0.05) is 0 Å². The molecule has 0 spiro atoms. The highest BCUT2D eigenvalue weighted by molar-refractivity contribution is 6.24. The van der Waals surface area contributed by atoms with Gasteiger partial charge in [-0.05, 0) is 18.6 Å². The van der Waals surface area contributed by atoms with Crippen LogP contribution in [0.1, 0.15) is 26.3 Å². The molecule has 0 unspecified atom stereocenters. The molecule has 0 bridgehead atoms. The lowest BCUT2D eigenvalue weighted by molar-refractivity contribution is 0.0938. The molecule has 0 amide bonds. The van der Waals surface area contributed by atoms with Gasteiger partial charge >= 0.3 is 5.63 Å². The van der Waals surface area contributed by atoms with E-state index in [4.69, 9.17) is 4.42 Å². The summed E-state index contributed by atoms with van der Waals surface area (Å²) in [5.41, 5.74) is -0.789. The topological polar surface area (TPSA) is 125 Å². The number of phenolic OH excluding ortho intramolecular Hbond substituents is 1. The van der Waals surface area contributed by atoms with E-state index >= 15 is 0 Å². The Labute approximate surface area is 128 Å². The van der Waals surface area contributed by atoms with E-state index in [-0.39, 0.29) is 33.8 Å². The van der Waals surface area contributed by atoms with Crippen molar-refractivity contribution in [2.24, 2.45) is 0 Å². The highest BCUT2D eigenvalue weighted by Gasteiger charge is 2.30. The minimum absolute atomic E-state index is 0.00712. The quantitative estimate of drug-likeness (QED) is 0.733. The third kappa shape index (κ3) is 2.18. The molecule has 0 atom stereocenters. The molecule has 7 heteroatoms. The van der Waals surface area contributed by atoms with Gasteiger partial charge in [-0.25, -0.2) is 4.79 Å². The number of ketones is 2. The summed E-state index contributed by atoms with van der Waals surface area (Å²) in [6.45, 7) is 1.46. The third-order valence-corrected chi connectivity index (χ3v) is 3.55. The zero-order valence-corrected chi connectivity index (χ0v) is 11.8. The normalized spacial score (nSPS) is 13.7. The van der Waals surface area contributed by atoms with Crippen molar-refractivity contribution in [2.45, 2.75) is 6.92 Å². The van der Waals surface area contributed by atoms with E-state index in [1.165, 1.54) is 6.92 Å². The van der Waals surface area contributed by atoms with Gasteiger partial charge in [-0.3, -0.25) is 9.59 Å². The molecule has 0 radical (unpaired) electrons. The van der Waals surface area contributed by atoms with Crippen LogP contribution in [-0.4, -0.2) is 26.9 Å². The molecule has 0 saturated carbocycles. The molecule has 1 heterocycles. The molecule has 0 fully saturated rings. The number of benzene rings is 1. The second-order valence-corrected chi connectivity index (χ2v) is 5.04. The Morgan fingerprint density at radius 3 is 2.30 bits per heavy atom. The molecular formula is C16H10O7. The predicted molar refractivity (Wildman–Crippen MR) is 77.9 cm³/mol. The molecular weight excluding hydrogens is 304 g/mol. The number of rotatable bonds is 1. The summed E-state index contributed by atoms with van der Waals surface area (Å²) in [6.07, 6.45) is 0.789. The van der Waals surface area contributed by atoms with E-state index in [2.05, 4.69) is 0 Å². The fourth-order valence-corrected chi connectivity index (χ4v) is 2.59. The van der Waals surface area contributed by atoms with Crippen LogP contribution in [0.4, 0.5) is 0 Å². The highest BCUT2D eigenvalue weighted by Crippen LogP contribution is 2.38. The lowest BCUT2D eigenvalue weighted by Gasteiger charge is -2.17. The summed E-state index contributed by atoms with van der Waals surface area (Å²) >= 11 is 0. The summed E-state index contributed by atoms with van der Waals surface area (Å²) in [6, 6.07) is 2.98. The number of aliphatic hydroxyl groups is 1. The molecule has 1 aliphatic carbocycles. The van der Waals surface area contributed by atoms with Crippen molar-refractivity contribution < 1.29 is 29.3 Å². The smallest absolute Gasteiger partial charge is 0.339 e. The first kappa shape index (κ1) is 14.6. The molecule has 116 valence electrons. The van der Waals surface area contributed by atoms with Crippen molar-refractivity contribution >= 4 is 11.6 Å². The van der Waals surface area contributed by atoms with Crippen molar-refractivity contribution in [3.8, 4) is 22.8 Å². The van der Waals surface area contributed by atoms with Gasteiger partial charge in [0.1, 0.15) is 17.3 Å². The first-order valence-electron chi connectivity index (χ1n) is 6.50. The van der Waals surface area contributed by atoms with Crippen molar-refractivity contribution in [1.82, 2.24) is 0 Å². The van der Waals surface area contributed by atoms with Gasteiger partial charge in [0.2, 0.25) is 5.78 Å². The number of allylic oxidation sites excluding steroid dienone is 2. The van der Waals surface area contributed by atoms with Crippen LogP contribution in [0.2, 0.25) is 0 Å². The van der Waals surface area contributed by atoms with E-state index < -0.39 is 28.7 Å². The van der Waals surface area contributed by atoms with Gasteiger partial charge in [0.05, 0.1) is 11.6 Å². The minimum Gasteiger partial charge on any atom is -0.508 e. The molecule has 1 aliphatic rings. The first-order chi connectivity index (χ1) is 10.8. The van der Waals surface area contributed by atoms with Crippen molar-refractivity contribution in [3.63, 3.8) is 0 Å². The SMILES string of the molecule is Cc1c2c(cc(O)c1-c1cc(O)cc(=O)o1)C(=O)C(O)=CC2=O. The molecule has 1 aromatic carbocycles. The van der Waals surface area contributed by atoms with Crippen LogP contribution in [0, 0.1) is 6.92 Å². The summed E-state index contributed by atoms with van der Waals surface area (Å²) in [5, 5.41) is 29.1. The molecule has 3 N–H and O–H groups in total. The highest BCUT2D eigenvalue weighted by atomic mass is 16.4. The lowest BCUT2D eigenvalue weighted by Crippen LogP contribution is -2.18. The van der Waals surface area contributed by atoms with Gasteiger partial charge < -0.3 is 19.7 Å². The van der Waals surface area contributed by atoms with Crippen LogP contribution in [0.5, 0.6) is 11.5 Å². The average Bonchev–Trinajstić information content (AvgIpc) is 2.43. The Morgan fingerprint density at radius 1 is 0.957 bits per heavy atom. The number of Topliss-reactive ketones (excluding diaryl/α,β-unsaturated/α-hetero) is 1. The molecule has 1 aromatic heterocycles. The Hall–Kier alpha value is -3.35. The number of aliphatic hydroxyl groups excluding tert-OH is 1. The number of aromatic hydroxyl groups is 2. The van der Waals surface area contributed by atoms with Gasteiger partial charge in [0, 0.05) is 23.3 Å². The predicted octanol–water partition coefficient (Wildman–Crippen LogP) is 1.85. The monoisotopic (exact) mass is 314 g/mol.